The first kappa shape index (κ1) is 21.5. The van der Waals surface area contributed by atoms with Crippen LogP contribution in [0, 0.1) is 12.7 Å². The summed E-state index contributed by atoms with van der Waals surface area (Å²) in [5, 5.41) is 3.20. The van der Waals surface area contributed by atoms with Gasteiger partial charge in [-0.1, -0.05) is 53.8 Å². The van der Waals surface area contributed by atoms with Crippen LogP contribution in [-0.2, 0) is 13.2 Å². The number of ether oxygens (including phenoxy) is 1. The molecule has 2 heterocycles. The molecule has 0 fully saturated rings. The average Bonchev–Trinajstić information content (AvgIpc) is 3.19. The topological polar surface area (TPSA) is 73.2 Å². The largest absolute Gasteiger partial charge is 0.489 e. The van der Waals surface area contributed by atoms with Crippen molar-refractivity contribution in [1.82, 2.24) is 14.9 Å². The van der Waals surface area contributed by atoms with Gasteiger partial charge in [0.1, 0.15) is 23.1 Å². The first-order valence-electron chi connectivity index (χ1n) is 9.89. The summed E-state index contributed by atoms with van der Waals surface area (Å²) in [5.41, 5.74) is 2.01. The smallest absolute Gasteiger partial charge is 0.263 e. The van der Waals surface area contributed by atoms with Gasteiger partial charge in [0.25, 0.3) is 11.5 Å². The van der Waals surface area contributed by atoms with E-state index in [2.05, 4.69) is 10.3 Å². The number of hydrogen-bond acceptors (Lipinski definition) is 5. The Balaban J connectivity index is 1.44. The molecule has 4 rings (SSSR count). The lowest BCUT2D eigenvalue weighted by Gasteiger charge is -2.07. The van der Waals surface area contributed by atoms with Crippen molar-refractivity contribution in [3.8, 4) is 10.9 Å². The molecular formula is C24H20FN3O3S. The van der Waals surface area contributed by atoms with E-state index in [1.807, 2.05) is 30.3 Å². The Morgan fingerprint density at radius 1 is 1.09 bits per heavy atom. The van der Waals surface area contributed by atoms with E-state index in [1.54, 1.807) is 31.3 Å². The Hall–Kier alpha value is -3.78. The van der Waals surface area contributed by atoms with Gasteiger partial charge in [0.2, 0.25) is 0 Å². The quantitative estimate of drug-likeness (QED) is 0.458. The predicted molar refractivity (Wildman–Crippen MR) is 121 cm³/mol. The molecular weight excluding hydrogens is 429 g/mol. The Morgan fingerprint density at radius 2 is 1.84 bits per heavy atom. The zero-order chi connectivity index (χ0) is 22.5. The molecule has 6 nitrogen and oxygen atoms in total. The maximum atomic E-state index is 13.0. The van der Waals surface area contributed by atoms with E-state index in [1.165, 1.54) is 22.8 Å². The minimum atomic E-state index is -0.329. The van der Waals surface area contributed by atoms with Crippen molar-refractivity contribution in [3.05, 3.63) is 111 Å². The summed E-state index contributed by atoms with van der Waals surface area (Å²) < 4.78 is 20.1. The maximum absolute atomic E-state index is 13.0. The number of hydrogen-bond donors (Lipinski definition) is 1. The van der Waals surface area contributed by atoms with Gasteiger partial charge in [0, 0.05) is 18.8 Å². The highest BCUT2D eigenvalue weighted by molar-refractivity contribution is 7.16. The van der Waals surface area contributed by atoms with Gasteiger partial charge in [0.05, 0.1) is 5.69 Å². The van der Waals surface area contributed by atoms with Gasteiger partial charge in [-0.2, -0.15) is 0 Å². The lowest BCUT2D eigenvalue weighted by molar-refractivity contribution is 0.0954. The molecule has 0 aliphatic carbocycles. The molecule has 0 unspecified atom stereocenters. The van der Waals surface area contributed by atoms with Gasteiger partial charge >= 0.3 is 0 Å². The molecule has 0 bridgehead atoms. The van der Waals surface area contributed by atoms with Crippen LogP contribution in [0.3, 0.4) is 0 Å². The van der Waals surface area contributed by atoms with Gasteiger partial charge in [-0.15, -0.1) is 0 Å². The van der Waals surface area contributed by atoms with E-state index in [0.717, 1.165) is 22.5 Å². The molecule has 162 valence electrons. The molecule has 8 heteroatoms. The molecule has 0 radical (unpaired) electrons. The van der Waals surface area contributed by atoms with Crippen LogP contribution in [0.1, 0.15) is 26.5 Å². The number of benzene rings is 2. The van der Waals surface area contributed by atoms with Crippen molar-refractivity contribution in [2.24, 2.45) is 0 Å². The summed E-state index contributed by atoms with van der Waals surface area (Å²) in [5.74, 6) is -0.169. The Labute approximate surface area is 188 Å². The minimum absolute atomic E-state index is 0.263. The standard InChI is InChI=1S/C24H20FN3O3S/c1-16-22(23(30)26-14-17-7-9-19(25)10-8-17)32-24(27-16)28-12-11-20(13-21(28)29)31-15-18-5-3-2-4-6-18/h2-13H,14-15H2,1H3,(H,26,30). The van der Waals surface area contributed by atoms with Crippen LogP contribution < -0.4 is 15.6 Å². The fourth-order valence-electron chi connectivity index (χ4n) is 3.01. The minimum Gasteiger partial charge on any atom is -0.489 e. The van der Waals surface area contributed by atoms with Crippen molar-refractivity contribution in [1.29, 1.82) is 0 Å². The second kappa shape index (κ2) is 9.57. The van der Waals surface area contributed by atoms with Crippen LogP contribution in [0.2, 0.25) is 0 Å². The van der Waals surface area contributed by atoms with Crippen molar-refractivity contribution in [2.75, 3.05) is 0 Å². The highest BCUT2D eigenvalue weighted by Gasteiger charge is 2.17. The van der Waals surface area contributed by atoms with Crippen molar-refractivity contribution in [3.63, 3.8) is 0 Å². The number of thiazole rings is 1. The van der Waals surface area contributed by atoms with Gasteiger partial charge in [-0.25, -0.2) is 9.37 Å². The third-order valence-electron chi connectivity index (χ3n) is 4.70. The van der Waals surface area contributed by atoms with Crippen LogP contribution in [0.25, 0.3) is 5.13 Å². The Kier molecular flexibility index (Phi) is 6.42. The number of nitrogens with one attached hydrogen (secondary N) is 1. The number of carbonyl (C=O) groups is 1. The molecule has 0 saturated heterocycles. The molecule has 32 heavy (non-hydrogen) atoms. The van der Waals surface area contributed by atoms with E-state index in [-0.39, 0.29) is 23.8 Å². The molecule has 1 amide bonds. The number of rotatable bonds is 7. The number of carbonyl (C=O) groups excluding carboxylic acids is 1. The molecule has 2 aromatic carbocycles. The van der Waals surface area contributed by atoms with Gasteiger partial charge < -0.3 is 10.1 Å². The van der Waals surface area contributed by atoms with E-state index in [9.17, 15) is 14.0 Å². The maximum Gasteiger partial charge on any atom is 0.263 e. The predicted octanol–water partition coefficient (Wildman–Crippen LogP) is 4.25. The number of halogens is 1. The molecule has 0 spiro atoms. The summed E-state index contributed by atoms with van der Waals surface area (Å²) in [7, 11) is 0. The zero-order valence-corrected chi connectivity index (χ0v) is 18.1. The fraction of sp³-hybridized carbons (Fsp3) is 0.125. The molecule has 2 aromatic heterocycles. The van der Waals surface area contributed by atoms with E-state index < -0.39 is 0 Å². The van der Waals surface area contributed by atoms with Gasteiger partial charge in [0.15, 0.2) is 5.13 Å². The van der Waals surface area contributed by atoms with Crippen molar-refractivity contribution >= 4 is 17.2 Å². The number of aromatic nitrogens is 2. The summed E-state index contributed by atoms with van der Waals surface area (Å²) in [6.45, 7) is 2.34. The highest BCUT2D eigenvalue weighted by Crippen LogP contribution is 2.21. The lowest BCUT2D eigenvalue weighted by Crippen LogP contribution is -2.22. The monoisotopic (exact) mass is 449 g/mol. The van der Waals surface area contributed by atoms with Crippen molar-refractivity contribution < 1.29 is 13.9 Å². The third kappa shape index (κ3) is 5.09. The highest BCUT2D eigenvalue weighted by atomic mass is 32.1. The molecule has 0 aliphatic rings. The summed E-state index contributed by atoms with van der Waals surface area (Å²) in [6, 6.07) is 18.7. The van der Waals surface area contributed by atoms with Crippen LogP contribution in [0.5, 0.6) is 5.75 Å². The Bertz CT molecular complexity index is 1280. The third-order valence-corrected chi connectivity index (χ3v) is 5.86. The summed E-state index contributed by atoms with van der Waals surface area (Å²) in [4.78, 5) is 30.0. The van der Waals surface area contributed by atoms with Gasteiger partial charge in [-0.05, 0) is 36.2 Å². The normalized spacial score (nSPS) is 10.7. The van der Waals surface area contributed by atoms with E-state index >= 15 is 0 Å². The van der Waals surface area contributed by atoms with Crippen LogP contribution in [0.15, 0.2) is 77.7 Å². The second-order valence-corrected chi connectivity index (χ2v) is 8.04. The van der Waals surface area contributed by atoms with Crippen molar-refractivity contribution in [2.45, 2.75) is 20.1 Å². The molecule has 4 aromatic rings. The summed E-state index contributed by atoms with van der Waals surface area (Å²) >= 11 is 1.13. The number of aryl methyl sites for hydroxylation is 1. The molecule has 0 aliphatic heterocycles. The molecule has 0 atom stereocenters. The molecule has 1 N–H and O–H groups in total. The fourth-order valence-corrected chi connectivity index (χ4v) is 3.98. The zero-order valence-electron chi connectivity index (χ0n) is 17.2. The summed E-state index contributed by atoms with van der Waals surface area (Å²) in [6.07, 6.45) is 1.58. The SMILES string of the molecule is Cc1nc(-n2ccc(OCc3ccccc3)cc2=O)sc1C(=O)NCc1ccc(F)cc1. The number of pyridine rings is 1. The first-order chi connectivity index (χ1) is 15.5. The lowest BCUT2D eigenvalue weighted by atomic mass is 10.2. The first-order valence-corrected chi connectivity index (χ1v) is 10.7. The molecule has 0 saturated carbocycles. The average molecular weight is 450 g/mol. The van der Waals surface area contributed by atoms with Crippen LogP contribution in [0.4, 0.5) is 4.39 Å². The van der Waals surface area contributed by atoms with E-state index in [4.69, 9.17) is 4.74 Å². The number of nitrogens with zero attached hydrogens (tertiary/aromatic N) is 2. The van der Waals surface area contributed by atoms with E-state index in [0.29, 0.717) is 28.1 Å². The Morgan fingerprint density at radius 3 is 2.56 bits per heavy atom. The number of amides is 1. The van der Waals surface area contributed by atoms with Crippen LogP contribution >= 0.6 is 11.3 Å². The van der Waals surface area contributed by atoms with Crippen LogP contribution in [-0.4, -0.2) is 15.5 Å². The van der Waals surface area contributed by atoms with Gasteiger partial charge in [-0.3, -0.25) is 14.2 Å². The second-order valence-electron chi connectivity index (χ2n) is 7.07.